The maximum Gasteiger partial charge on any atom is 0.233 e. The highest BCUT2D eigenvalue weighted by molar-refractivity contribution is 9.09. The molecule has 0 aromatic heterocycles. The van der Waals surface area contributed by atoms with Gasteiger partial charge in [0.1, 0.15) is 0 Å². The van der Waals surface area contributed by atoms with Crippen LogP contribution in [0.2, 0.25) is 0 Å². The van der Waals surface area contributed by atoms with Crippen molar-refractivity contribution in [3.63, 3.8) is 0 Å². The summed E-state index contributed by atoms with van der Waals surface area (Å²) in [4.78, 5) is 26.7. The smallest absolute Gasteiger partial charge is 0.233 e. The summed E-state index contributed by atoms with van der Waals surface area (Å²) in [6.45, 7) is 3.44. The lowest BCUT2D eigenvalue weighted by molar-refractivity contribution is -0.132. The van der Waals surface area contributed by atoms with Gasteiger partial charge in [-0.3, -0.25) is 14.5 Å². The van der Waals surface area contributed by atoms with Crippen molar-refractivity contribution in [3.05, 3.63) is 0 Å². The highest BCUT2D eigenvalue weighted by atomic mass is 79.9. The molecule has 0 unspecified atom stereocenters. The summed E-state index contributed by atoms with van der Waals surface area (Å²) in [5, 5.41) is 3.31. The fraction of sp³-hybridized carbons (Fsp3) is 0.800. The Labute approximate surface area is 104 Å². The van der Waals surface area contributed by atoms with Gasteiger partial charge in [-0.05, 0) is 0 Å². The summed E-state index contributed by atoms with van der Waals surface area (Å²) in [6, 6.07) is 0. The molecular formula is C10H18BrN3O2. The second kappa shape index (κ2) is 6.85. The van der Waals surface area contributed by atoms with Crippen LogP contribution >= 0.6 is 15.9 Å². The van der Waals surface area contributed by atoms with E-state index in [1.165, 1.54) is 0 Å². The van der Waals surface area contributed by atoms with E-state index < -0.39 is 0 Å². The Morgan fingerprint density at radius 2 is 1.88 bits per heavy atom. The van der Waals surface area contributed by atoms with Crippen molar-refractivity contribution in [2.75, 3.05) is 45.1 Å². The summed E-state index contributed by atoms with van der Waals surface area (Å²) in [5.74, 6) is 0.219. The average Bonchev–Trinajstić information content (AvgIpc) is 2.30. The number of amides is 2. The van der Waals surface area contributed by atoms with Crippen LogP contribution in [0.15, 0.2) is 0 Å². The van der Waals surface area contributed by atoms with E-state index in [0.29, 0.717) is 18.3 Å². The normalized spacial score (nSPS) is 17.2. The van der Waals surface area contributed by atoms with Crippen LogP contribution in [-0.2, 0) is 9.59 Å². The molecule has 1 rings (SSSR count). The summed E-state index contributed by atoms with van der Waals surface area (Å²) in [7, 11) is 1.64. The van der Waals surface area contributed by atoms with E-state index in [9.17, 15) is 9.59 Å². The minimum atomic E-state index is 0.0280. The maximum atomic E-state index is 11.6. The standard InChI is InChI=1S/C10H18BrN3O2/c1-12-9(15)8-13-4-6-14(7-5-13)10(16)2-3-11/h2-8H2,1H3,(H,12,15). The molecule has 16 heavy (non-hydrogen) atoms. The average molecular weight is 292 g/mol. The molecule has 92 valence electrons. The maximum absolute atomic E-state index is 11.6. The SMILES string of the molecule is CNC(=O)CN1CCN(C(=O)CCBr)CC1. The predicted octanol–water partition coefficient (Wildman–Crippen LogP) is -0.338. The molecule has 0 saturated carbocycles. The van der Waals surface area contributed by atoms with E-state index in [0.717, 1.165) is 26.2 Å². The number of hydrogen-bond donors (Lipinski definition) is 1. The van der Waals surface area contributed by atoms with Gasteiger partial charge in [-0.25, -0.2) is 0 Å². The molecule has 0 spiro atoms. The first-order valence-corrected chi connectivity index (χ1v) is 6.56. The van der Waals surface area contributed by atoms with E-state index in [2.05, 4.69) is 26.1 Å². The van der Waals surface area contributed by atoms with Gasteiger partial charge in [0, 0.05) is 45.0 Å². The minimum absolute atomic E-state index is 0.0280. The van der Waals surface area contributed by atoms with Gasteiger partial charge >= 0.3 is 0 Å². The van der Waals surface area contributed by atoms with Crippen LogP contribution in [-0.4, -0.2) is 66.7 Å². The third kappa shape index (κ3) is 4.09. The van der Waals surface area contributed by atoms with Gasteiger partial charge in [0.2, 0.25) is 11.8 Å². The molecule has 1 aliphatic heterocycles. The van der Waals surface area contributed by atoms with Gasteiger partial charge in [-0.1, -0.05) is 15.9 Å². The molecule has 1 aliphatic rings. The molecule has 0 aromatic carbocycles. The molecule has 5 nitrogen and oxygen atoms in total. The first-order valence-electron chi connectivity index (χ1n) is 5.44. The fourth-order valence-corrected chi connectivity index (χ4v) is 2.02. The Bertz CT molecular complexity index is 252. The number of halogens is 1. The zero-order chi connectivity index (χ0) is 12.0. The molecular weight excluding hydrogens is 274 g/mol. The van der Waals surface area contributed by atoms with Crippen LogP contribution in [0.5, 0.6) is 0 Å². The summed E-state index contributed by atoms with van der Waals surface area (Å²) >= 11 is 3.26. The third-order valence-corrected chi connectivity index (χ3v) is 3.08. The van der Waals surface area contributed by atoms with E-state index in [-0.39, 0.29) is 11.8 Å². The Hall–Kier alpha value is -0.620. The van der Waals surface area contributed by atoms with Crippen molar-refractivity contribution in [3.8, 4) is 0 Å². The van der Waals surface area contributed by atoms with Gasteiger partial charge in [0.05, 0.1) is 6.54 Å². The van der Waals surface area contributed by atoms with E-state index >= 15 is 0 Å². The molecule has 1 heterocycles. The Kier molecular flexibility index (Phi) is 5.76. The highest BCUT2D eigenvalue weighted by Crippen LogP contribution is 2.04. The van der Waals surface area contributed by atoms with Crippen molar-refractivity contribution in [2.45, 2.75) is 6.42 Å². The fourth-order valence-electron chi connectivity index (χ4n) is 1.68. The molecule has 1 N–H and O–H groups in total. The van der Waals surface area contributed by atoms with Gasteiger partial charge < -0.3 is 10.2 Å². The van der Waals surface area contributed by atoms with E-state index in [4.69, 9.17) is 0 Å². The number of likely N-dealkylation sites (N-methyl/N-ethyl adjacent to an activating group) is 1. The molecule has 2 amide bonds. The summed E-state index contributed by atoms with van der Waals surface area (Å²) in [6.07, 6.45) is 0.551. The van der Waals surface area contributed by atoms with Crippen LogP contribution in [0.4, 0.5) is 0 Å². The lowest BCUT2D eigenvalue weighted by Crippen LogP contribution is -2.50. The van der Waals surface area contributed by atoms with Gasteiger partial charge in [0.15, 0.2) is 0 Å². The van der Waals surface area contributed by atoms with Gasteiger partial charge in [-0.2, -0.15) is 0 Å². The quantitative estimate of drug-likeness (QED) is 0.721. The van der Waals surface area contributed by atoms with Crippen LogP contribution < -0.4 is 5.32 Å². The largest absolute Gasteiger partial charge is 0.358 e. The van der Waals surface area contributed by atoms with Crippen LogP contribution in [0.3, 0.4) is 0 Å². The number of piperazine rings is 1. The van der Waals surface area contributed by atoms with Gasteiger partial charge in [0.25, 0.3) is 0 Å². The van der Waals surface area contributed by atoms with E-state index in [1.807, 2.05) is 4.90 Å². The number of rotatable bonds is 4. The summed E-state index contributed by atoms with van der Waals surface area (Å²) in [5.41, 5.74) is 0. The molecule has 1 fully saturated rings. The number of carbonyl (C=O) groups excluding carboxylic acids is 2. The van der Waals surface area contributed by atoms with Crippen molar-refractivity contribution < 1.29 is 9.59 Å². The number of nitrogens with one attached hydrogen (secondary N) is 1. The van der Waals surface area contributed by atoms with Crippen molar-refractivity contribution in [1.82, 2.24) is 15.1 Å². The molecule has 0 bridgehead atoms. The second-order valence-corrected chi connectivity index (χ2v) is 4.56. The Morgan fingerprint density at radius 1 is 1.25 bits per heavy atom. The van der Waals surface area contributed by atoms with E-state index in [1.54, 1.807) is 7.05 Å². The number of nitrogens with zero attached hydrogens (tertiary/aromatic N) is 2. The lowest BCUT2D eigenvalue weighted by Gasteiger charge is -2.34. The third-order valence-electron chi connectivity index (χ3n) is 2.68. The molecule has 6 heteroatoms. The number of alkyl halides is 1. The zero-order valence-corrected chi connectivity index (χ0v) is 11.1. The Balaban J connectivity index is 2.28. The molecule has 0 radical (unpaired) electrons. The minimum Gasteiger partial charge on any atom is -0.358 e. The molecule has 0 aromatic rings. The Morgan fingerprint density at radius 3 is 2.38 bits per heavy atom. The van der Waals surface area contributed by atoms with Gasteiger partial charge in [-0.15, -0.1) is 0 Å². The molecule has 1 saturated heterocycles. The molecule has 0 aliphatic carbocycles. The van der Waals surface area contributed by atoms with Crippen LogP contribution in [0.25, 0.3) is 0 Å². The predicted molar refractivity (Wildman–Crippen MR) is 65.5 cm³/mol. The molecule has 0 atom stereocenters. The zero-order valence-electron chi connectivity index (χ0n) is 9.54. The van der Waals surface area contributed by atoms with Crippen LogP contribution in [0.1, 0.15) is 6.42 Å². The lowest BCUT2D eigenvalue weighted by atomic mass is 10.3. The summed E-state index contributed by atoms with van der Waals surface area (Å²) < 4.78 is 0. The first-order chi connectivity index (χ1) is 7.67. The van der Waals surface area contributed by atoms with Crippen molar-refractivity contribution in [1.29, 1.82) is 0 Å². The first kappa shape index (κ1) is 13.4. The van der Waals surface area contributed by atoms with Crippen molar-refractivity contribution in [2.24, 2.45) is 0 Å². The highest BCUT2D eigenvalue weighted by Gasteiger charge is 2.21. The van der Waals surface area contributed by atoms with Crippen molar-refractivity contribution >= 4 is 27.7 Å². The number of carbonyl (C=O) groups is 2. The van der Waals surface area contributed by atoms with Crippen LogP contribution in [0, 0.1) is 0 Å². The second-order valence-electron chi connectivity index (χ2n) is 3.77. The topological polar surface area (TPSA) is 52.7 Å². The monoisotopic (exact) mass is 291 g/mol. The number of hydrogen-bond acceptors (Lipinski definition) is 3.